The van der Waals surface area contributed by atoms with E-state index in [1.165, 1.54) is 7.11 Å². The van der Waals surface area contributed by atoms with Crippen LogP contribution >= 0.6 is 0 Å². The number of hydrogen-bond donors (Lipinski definition) is 4. The Morgan fingerprint density at radius 3 is 2.57 bits per heavy atom. The molecule has 0 aromatic heterocycles. The topological polar surface area (TPSA) is 117 Å². The van der Waals surface area contributed by atoms with E-state index in [2.05, 4.69) is 5.32 Å². The van der Waals surface area contributed by atoms with Crippen LogP contribution in [0.2, 0.25) is 0 Å². The quantitative estimate of drug-likeness (QED) is 0.568. The Balaban J connectivity index is 1.92. The zero-order valence-electron chi connectivity index (χ0n) is 12.7. The maximum atomic E-state index is 11.9. The molecular weight excluding hydrogens is 306 g/mol. The third-order valence-electron chi connectivity index (χ3n) is 3.61. The summed E-state index contributed by atoms with van der Waals surface area (Å²) in [6, 6.07) is 8.07. The van der Waals surface area contributed by atoms with E-state index in [9.17, 15) is 15.0 Å². The minimum absolute atomic E-state index is 0.0653. The molecule has 1 aliphatic rings. The Kier molecular flexibility index (Phi) is 6.31. The standard InChI is InChI=1S/C15H21NO7/c1-21-14-11(13(19)12(18)10(7-17)23-14)16-15(20)22-8-9-5-3-2-4-6-9/h2-6,10-14,17-19H,7-8H2,1H3,(H,16,20)/t10-,11-,12+,13-,14-/m1/s1. The first-order valence-corrected chi connectivity index (χ1v) is 7.19. The van der Waals surface area contributed by atoms with Crippen molar-refractivity contribution in [2.45, 2.75) is 37.3 Å². The van der Waals surface area contributed by atoms with Gasteiger partial charge in [-0.25, -0.2) is 4.79 Å². The maximum absolute atomic E-state index is 11.9. The average molecular weight is 327 g/mol. The molecule has 0 unspecified atom stereocenters. The van der Waals surface area contributed by atoms with Gasteiger partial charge in [-0.05, 0) is 5.56 Å². The lowest BCUT2D eigenvalue weighted by molar-refractivity contribution is -0.262. The Bertz CT molecular complexity index is 496. The van der Waals surface area contributed by atoms with Crippen LogP contribution < -0.4 is 5.32 Å². The van der Waals surface area contributed by atoms with E-state index in [0.29, 0.717) is 0 Å². The molecule has 8 heteroatoms. The van der Waals surface area contributed by atoms with E-state index in [0.717, 1.165) is 5.56 Å². The van der Waals surface area contributed by atoms with Crippen LogP contribution in [0.3, 0.4) is 0 Å². The molecule has 0 radical (unpaired) electrons. The van der Waals surface area contributed by atoms with E-state index in [1.54, 1.807) is 12.1 Å². The third kappa shape index (κ3) is 4.40. The molecule has 23 heavy (non-hydrogen) atoms. The van der Waals surface area contributed by atoms with Crippen LogP contribution in [0.1, 0.15) is 5.56 Å². The highest BCUT2D eigenvalue weighted by atomic mass is 16.7. The molecular formula is C15H21NO7. The highest BCUT2D eigenvalue weighted by molar-refractivity contribution is 5.67. The highest BCUT2D eigenvalue weighted by Gasteiger charge is 2.45. The molecule has 5 atom stereocenters. The second kappa shape index (κ2) is 8.23. The van der Waals surface area contributed by atoms with Crippen molar-refractivity contribution < 1.29 is 34.3 Å². The Morgan fingerprint density at radius 2 is 1.96 bits per heavy atom. The molecule has 8 nitrogen and oxygen atoms in total. The lowest BCUT2D eigenvalue weighted by atomic mass is 9.97. The summed E-state index contributed by atoms with van der Waals surface area (Å²) >= 11 is 0. The molecule has 1 saturated heterocycles. The maximum Gasteiger partial charge on any atom is 0.407 e. The fourth-order valence-electron chi connectivity index (χ4n) is 2.34. The van der Waals surface area contributed by atoms with E-state index < -0.39 is 43.3 Å². The summed E-state index contributed by atoms with van der Waals surface area (Å²) in [6.07, 6.45) is -5.51. The van der Waals surface area contributed by atoms with E-state index in [4.69, 9.17) is 19.3 Å². The van der Waals surface area contributed by atoms with Gasteiger partial charge in [-0.3, -0.25) is 0 Å². The number of carbonyl (C=O) groups excluding carboxylic acids is 1. The summed E-state index contributed by atoms with van der Waals surface area (Å²) in [4.78, 5) is 11.9. The molecule has 1 aromatic carbocycles. The van der Waals surface area contributed by atoms with Crippen LogP contribution in [-0.2, 0) is 20.8 Å². The smallest absolute Gasteiger partial charge is 0.407 e. The Hall–Kier alpha value is -1.71. The molecule has 0 aliphatic carbocycles. The largest absolute Gasteiger partial charge is 0.445 e. The minimum Gasteiger partial charge on any atom is -0.445 e. The van der Waals surface area contributed by atoms with Crippen molar-refractivity contribution in [3.63, 3.8) is 0 Å². The van der Waals surface area contributed by atoms with Crippen LogP contribution in [-0.4, -0.2) is 65.8 Å². The Labute approximate surface area is 133 Å². The van der Waals surface area contributed by atoms with Gasteiger partial charge in [-0.15, -0.1) is 0 Å². The van der Waals surface area contributed by atoms with Crippen molar-refractivity contribution in [2.75, 3.05) is 13.7 Å². The van der Waals surface area contributed by atoms with Gasteiger partial charge in [0.1, 0.15) is 31.0 Å². The van der Waals surface area contributed by atoms with E-state index in [-0.39, 0.29) is 6.61 Å². The monoisotopic (exact) mass is 327 g/mol. The predicted octanol–water partition coefficient (Wildman–Crippen LogP) is -0.633. The molecule has 1 amide bonds. The second-order valence-corrected chi connectivity index (χ2v) is 5.17. The lowest BCUT2D eigenvalue weighted by Gasteiger charge is -2.41. The van der Waals surface area contributed by atoms with E-state index in [1.807, 2.05) is 18.2 Å². The number of nitrogens with one attached hydrogen (secondary N) is 1. The first-order valence-electron chi connectivity index (χ1n) is 7.19. The number of carbonyl (C=O) groups is 1. The summed E-state index contributed by atoms with van der Waals surface area (Å²) in [6.45, 7) is -0.418. The molecule has 1 heterocycles. The SMILES string of the molecule is CO[C@@H]1O[C@H](CO)[C@H](O)[C@H](O)[C@H]1NC(=O)OCc1ccccc1. The van der Waals surface area contributed by atoms with Gasteiger partial charge in [0.25, 0.3) is 0 Å². The van der Waals surface area contributed by atoms with Crippen molar-refractivity contribution >= 4 is 6.09 Å². The third-order valence-corrected chi connectivity index (χ3v) is 3.61. The lowest BCUT2D eigenvalue weighted by Crippen LogP contribution is -2.64. The first-order chi connectivity index (χ1) is 11.1. The molecule has 0 saturated carbocycles. The van der Waals surface area contributed by atoms with Gasteiger partial charge in [0.2, 0.25) is 0 Å². The molecule has 1 aliphatic heterocycles. The van der Waals surface area contributed by atoms with Crippen LogP contribution in [0.4, 0.5) is 4.79 Å². The predicted molar refractivity (Wildman–Crippen MR) is 78.3 cm³/mol. The summed E-state index contributed by atoms with van der Waals surface area (Å²) in [5, 5.41) is 31.5. The normalized spacial score (nSPS) is 30.7. The molecule has 2 rings (SSSR count). The number of hydrogen-bond acceptors (Lipinski definition) is 7. The van der Waals surface area contributed by atoms with Gasteiger partial charge in [0.15, 0.2) is 6.29 Å². The van der Waals surface area contributed by atoms with E-state index >= 15 is 0 Å². The van der Waals surface area contributed by atoms with Crippen LogP contribution in [0.5, 0.6) is 0 Å². The number of aliphatic hydroxyl groups is 3. The van der Waals surface area contributed by atoms with Crippen LogP contribution in [0, 0.1) is 0 Å². The number of ether oxygens (including phenoxy) is 3. The number of alkyl carbamates (subject to hydrolysis) is 1. The number of methoxy groups -OCH3 is 1. The van der Waals surface area contributed by atoms with Gasteiger partial charge >= 0.3 is 6.09 Å². The van der Waals surface area contributed by atoms with Crippen LogP contribution in [0.25, 0.3) is 0 Å². The summed E-state index contributed by atoms with van der Waals surface area (Å²) in [5.41, 5.74) is 0.812. The summed E-state index contributed by atoms with van der Waals surface area (Å²) in [5.74, 6) is 0. The van der Waals surface area contributed by atoms with Gasteiger partial charge in [-0.2, -0.15) is 0 Å². The minimum atomic E-state index is -1.37. The fraction of sp³-hybridized carbons (Fsp3) is 0.533. The zero-order chi connectivity index (χ0) is 16.8. The molecule has 128 valence electrons. The van der Waals surface area contributed by atoms with Crippen molar-refractivity contribution in [1.82, 2.24) is 5.32 Å². The van der Waals surface area contributed by atoms with Crippen molar-refractivity contribution in [3.05, 3.63) is 35.9 Å². The second-order valence-electron chi connectivity index (χ2n) is 5.17. The van der Waals surface area contributed by atoms with Gasteiger partial charge in [-0.1, -0.05) is 30.3 Å². The number of rotatable bonds is 5. The van der Waals surface area contributed by atoms with Gasteiger partial charge < -0.3 is 34.8 Å². The number of amides is 1. The fourth-order valence-corrected chi connectivity index (χ4v) is 2.34. The van der Waals surface area contributed by atoms with Crippen molar-refractivity contribution in [2.24, 2.45) is 0 Å². The first kappa shape index (κ1) is 17.6. The van der Waals surface area contributed by atoms with Gasteiger partial charge in [0, 0.05) is 7.11 Å². The Morgan fingerprint density at radius 1 is 1.26 bits per heavy atom. The van der Waals surface area contributed by atoms with Gasteiger partial charge in [0.05, 0.1) is 6.61 Å². The molecule has 0 bridgehead atoms. The molecule has 1 aromatic rings. The molecule has 1 fully saturated rings. The average Bonchev–Trinajstić information content (AvgIpc) is 2.58. The number of aliphatic hydroxyl groups excluding tert-OH is 3. The summed E-state index contributed by atoms with van der Waals surface area (Å²) in [7, 11) is 1.33. The van der Waals surface area contributed by atoms with Crippen LogP contribution in [0.15, 0.2) is 30.3 Å². The summed E-state index contributed by atoms with van der Waals surface area (Å²) < 4.78 is 15.4. The molecule has 0 spiro atoms. The highest BCUT2D eigenvalue weighted by Crippen LogP contribution is 2.21. The number of benzene rings is 1. The van der Waals surface area contributed by atoms with Crippen molar-refractivity contribution in [3.8, 4) is 0 Å². The van der Waals surface area contributed by atoms with Crippen molar-refractivity contribution in [1.29, 1.82) is 0 Å². The zero-order valence-corrected chi connectivity index (χ0v) is 12.7. The molecule has 4 N–H and O–H groups in total.